The standard InChI is InChI=1S/C29H37NO6/c1-5-36-23-12-7-6-10-21(23)27-22-11-8-9-15-29(22,32)16-17-30(27)26(31)14-13-20-18-24(33-2)28(35-4)25(19-20)34-3/h6-7,10,12-14,18-19,22,27,32H,5,8-9,11,15-17H2,1-4H3/b14-13+/t22-,27+,29-/m1/s1. The van der Waals surface area contributed by atoms with Crippen LogP contribution in [0.2, 0.25) is 0 Å². The molecule has 2 aromatic carbocycles. The van der Waals surface area contributed by atoms with Crippen molar-refractivity contribution in [3.05, 3.63) is 53.6 Å². The highest BCUT2D eigenvalue weighted by Gasteiger charge is 2.50. The Morgan fingerprint density at radius 3 is 2.44 bits per heavy atom. The number of piperidine rings is 1. The van der Waals surface area contributed by atoms with Crippen LogP contribution in [0.4, 0.5) is 0 Å². The quantitative estimate of drug-likeness (QED) is 0.518. The maximum atomic E-state index is 13.7. The fourth-order valence-corrected chi connectivity index (χ4v) is 5.79. The molecular formula is C29H37NO6. The van der Waals surface area contributed by atoms with Crippen LogP contribution < -0.4 is 18.9 Å². The van der Waals surface area contributed by atoms with Gasteiger partial charge < -0.3 is 29.0 Å². The smallest absolute Gasteiger partial charge is 0.247 e. The molecule has 1 saturated heterocycles. The summed E-state index contributed by atoms with van der Waals surface area (Å²) in [4.78, 5) is 15.6. The monoisotopic (exact) mass is 495 g/mol. The van der Waals surface area contributed by atoms with E-state index in [-0.39, 0.29) is 17.9 Å². The molecule has 36 heavy (non-hydrogen) atoms. The van der Waals surface area contributed by atoms with Gasteiger partial charge in [-0.25, -0.2) is 0 Å². The van der Waals surface area contributed by atoms with E-state index in [1.165, 1.54) is 0 Å². The van der Waals surface area contributed by atoms with Crippen LogP contribution in [0.15, 0.2) is 42.5 Å². The zero-order valence-electron chi connectivity index (χ0n) is 21.7. The molecule has 1 aliphatic heterocycles. The number of carbonyl (C=O) groups excluding carboxylic acids is 1. The van der Waals surface area contributed by atoms with Crippen molar-refractivity contribution >= 4 is 12.0 Å². The van der Waals surface area contributed by atoms with E-state index < -0.39 is 5.60 Å². The summed E-state index contributed by atoms with van der Waals surface area (Å²) in [6.07, 6.45) is 7.64. The zero-order valence-corrected chi connectivity index (χ0v) is 21.7. The highest BCUT2D eigenvalue weighted by Crippen LogP contribution is 2.51. The Labute approximate surface area is 213 Å². The minimum absolute atomic E-state index is 0.0415. The van der Waals surface area contributed by atoms with Gasteiger partial charge in [-0.1, -0.05) is 31.0 Å². The van der Waals surface area contributed by atoms with Gasteiger partial charge in [-0.2, -0.15) is 0 Å². The van der Waals surface area contributed by atoms with Gasteiger partial charge in [-0.05, 0) is 56.0 Å². The highest BCUT2D eigenvalue weighted by molar-refractivity contribution is 5.92. The Morgan fingerprint density at radius 2 is 1.78 bits per heavy atom. The molecule has 0 unspecified atom stereocenters. The lowest BCUT2D eigenvalue weighted by atomic mass is 9.66. The number of para-hydroxylation sites is 1. The van der Waals surface area contributed by atoms with Crippen molar-refractivity contribution in [2.45, 2.75) is 50.7 Å². The predicted molar refractivity (Wildman–Crippen MR) is 139 cm³/mol. The van der Waals surface area contributed by atoms with Crippen LogP contribution in [0.5, 0.6) is 23.0 Å². The van der Waals surface area contributed by atoms with Gasteiger partial charge in [0.05, 0.1) is 39.6 Å². The number of carbonyl (C=O) groups is 1. The SMILES string of the molecule is CCOc1ccccc1[C@H]1[C@H]2CCCC[C@@]2(O)CCN1C(=O)/C=C/c1cc(OC)c(OC)c(OC)c1. The van der Waals surface area contributed by atoms with Crippen LogP contribution in [0.3, 0.4) is 0 Å². The summed E-state index contributed by atoms with van der Waals surface area (Å²) in [6, 6.07) is 11.3. The van der Waals surface area contributed by atoms with Crippen molar-refractivity contribution in [2.24, 2.45) is 5.92 Å². The number of nitrogens with zero attached hydrogens (tertiary/aromatic N) is 1. The van der Waals surface area contributed by atoms with E-state index in [1.807, 2.05) is 48.2 Å². The second-order valence-corrected chi connectivity index (χ2v) is 9.45. The lowest BCUT2D eigenvalue weighted by molar-refractivity contribution is -0.151. The van der Waals surface area contributed by atoms with Gasteiger partial charge in [0.1, 0.15) is 5.75 Å². The summed E-state index contributed by atoms with van der Waals surface area (Å²) in [7, 11) is 4.69. The molecule has 2 fully saturated rings. The minimum atomic E-state index is -0.764. The Bertz CT molecular complexity index is 1070. The Balaban J connectivity index is 1.69. The van der Waals surface area contributed by atoms with Crippen LogP contribution >= 0.6 is 0 Å². The fraction of sp³-hybridized carbons (Fsp3) is 0.483. The van der Waals surface area contributed by atoms with E-state index in [0.717, 1.165) is 42.6 Å². The van der Waals surface area contributed by atoms with Gasteiger partial charge in [-0.3, -0.25) is 4.79 Å². The summed E-state index contributed by atoms with van der Waals surface area (Å²) in [5.41, 5.74) is 0.952. The second-order valence-electron chi connectivity index (χ2n) is 9.45. The van der Waals surface area contributed by atoms with Gasteiger partial charge >= 0.3 is 0 Å². The summed E-state index contributed by atoms with van der Waals surface area (Å²) < 4.78 is 22.3. The predicted octanol–water partition coefficient (Wildman–Crippen LogP) is 5.02. The van der Waals surface area contributed by atoms with Crippen molar-refractivity contribution in [3.8, 4) is 23.0 Å². The van der Waals surface area contributed by atoms with Gasteiger partial charge in [0.25, 0.3) is 0 Å². The van der Waals surface area contributed by atoms with Crippen molar-refractivity contribution in [2.75, 3.05) is 34.5 Å². The van der Waals surface area contributed by atoms with Crippen LogP contribution in [0.1, 0.15) is 56.2 Å². The number of likely N-dealkylation sites (tertiary alicyclic amines) is 1. The second kappa shape index (κ2) is 11.2. The van der Waals surface area contributed by atoms with Crippen LogP contribution in [-0.2, 0) is 4.79 Å². The maximum Gasteiger partial charge on any atom is 0.247 e. The molecule has 0 spiro atoms. The Morgan fingerprint density at radius 1 is 1.06 bits per heavy atom. The lowest BCUT2D eigenvalue weighted by Crippen LogP contribution is -2.56. The molecule has 0 radical (unpaired) electrons. The number of hydrogen-bond acceptors (Lipinski definition) is 6. The topological polar surface area (TPSA) is 77.5 Å². The molecule has 1 saturated carbocycles. The average Bonchev–Trinajstić information content (AvgIpc) is 2.90. The number of amides is 1. The first-order valence-electron chi connectivity index (χ1n) is 12.7. The fourth-order valence-electron chi connectivity index (χ4n) is 5.79. The van der Waals surface area contributed by atoms with E-state index in [1.54, 1.807) is 33.5 Å². The molecular weight excluding hydrogens is 458 g/mol. The molecule has 194 valence electrons. The first-order chi connectivity index (χ1) is 17.5. The molecule has 2 aliphatic rings. The van der Waals surface area contributed by atoms with Crippen LogP contribution in [0, 0.1) is 5.92 Å². The van der Waals surface area contributed by atoms with E-state index in [0.29, 0.717) is 36.8 Å². The lowest BCUT2D eigenvalue weighted by Gasteiger charge is -2.52. The largest absolute Gasteiger partial charge is 0.494 e. The number of hydrogen-bond donors (Lipinski definition) is 1. The molecule has 1 aliphatic carbocycles. The molecule has 1 N–H and O–H groups in total. The van der Waals surface area contributed by atoms with Crippen LogP contribution in [-0.4, -0.2) is 56.0 Å². The molecule has 4 rings (SSSR count). The molecule has 7 nitrogen and oxygen atoms in total. The third kappa shape index (κ3) is 5.03. The summed E-state index contributed by atoms with van der Waals surface area (Å²) in [5.74, 6) is 2.18. The van der Waals surface area contributed by atoms with Gasteiger partial charge in [-0.15, -0.1) is 0 Å². The zero-order chi connectivity index (χ0) is 25.7. The van der Waals surface area contributed by atoms with Crippen LogP contribution in [0.25, 0.3) is 6.08 Å². The highest BCUT2D eigenvalue weighted by atomic mass is 16.5. The van der Waals surface area contributed by atoms with Gasteiger partial charge in [0, 0.05) is 24.1 Å². The normalized spacial score (nSPS) is 23.8. The number of benzene rings is 2. The number of methoxy groups -OCH3 is 3. The average molecular weight is 496 g/mol. The molecule has 0 bridgehead atoms. The molecule has 1 heterocycles. The first-order valence-corrected chi connectivity index (χ1v) is 12.7. The molecule has 2 aromatic rings. The van der Waals surface area contributed by atoms with Crippen molar-refractivity contribution in [1.82, 2.24) is 4.90 Å². The molecule has 3 atom stereocenters. The number of aliphatic hydroxyl groups is 1. The molecule has 0 aromatic heterocycles. The molecule has 1 amide bonds. The van der Waals surface area contributed by atoms with Crippen molar-refractivity contribution in [1.29, 1.82) is 0 Å². The maximum absolute atomic E-state index is 13.7. The van der Waals surface area contributed by atoms with E-state index in [9.17, 15) is 9.90 Å². The van der Waals surface area contributed by atoms with E-state index >= 15 is 0 Å². The van der Waals surface area contributed by atoms with E-state index in [2.05, 4.69) is 0 Å². The van der Waals surface area contributed by atoms with Gasteiger partial charge in [0.2, 0.25) is 11.7 Å². The van der Waals surface area contributed by atoms with Crippen molar-refractivity contribution < 1.29 is 28.8 Å². The first kappa shape index (κ1) is 25.9. The van der Waals surface area contributed by atoms with Gasteiger partial charge in [0.15, 0.2) is 11.5 Å². The summed E-state index contributed by atoms with van der Waals surface area (Å²) in [6.45, 7) is 2.97. The number of rotatable bonds is 8. The molecule has 7 heteroatoms. The number of ether oxygens (including phenoxy) is 4. The Hall–Kier alpha value is -3.19. The summed E-state index contributed by atoms with van der Waals surface area (Å²) in [5, 5.41) is 11.6. The minimum Gasteiger partial charge on any atom is -0.494 e. The van der Waals surface area contributed by atoms with Crippen molar-refractivity contribution in [3.63, 3.8) is 0 Å². The third-order valence-electron chi connectivity index (χ3n) is 7.49. The Kier molecular flexibility index (Phi) is 8.09. The number of fused-ring (bicyclic) bond motifs is 1. The third-order valence-corrected chi connectivity index (χ3v) is 7.49. The summed E-state index contributed by atoms with van der Waals surface area (Å²) >= 11 is 0. The van der Waals surface area contributed by atoms with E-state index in [4.69, 9.17) is 18.9 Å².